The molecule has 0 radical (unpaired) electrons. The molecule has 1 aromatic rings. The van der Waals surface area contributed by atoms with Gasteiger partial charge in [-0.3, -0.25) is 0 Å². The molecule has 0 saturated heterocycles. The van der Waals surface area contributed by atoms with Gasteiger partial charge >= 0.3 is 0 Å². The van der Waals surface area contributed by atoms with Crippen molar-refractivity contribution < 1.29 is 4.74 Å². The molecule has 0 aromatic heterocycles. The molecule has 2 rings (SSSR count). The molecule has 1 aliphatic rings. The number of hydrogen-bond donors (Lipinski definition) is 1. The van der Waals surface area contributed by atoms with Gasteiger partial charge in [0.1, 0.15) is 5.75 Å². The van der Waals surface area contributed by atoms with E-state index in [9.17, 15) is 0 Å². The average Bonchev–Trinajstić information content (AvgIpc) is 2.47. The van der Waals surface area contributed by atoms with Crippen LogP contribution in [0.2, 0.25) is 0 Å². The van der Waals surface area contributed by atoms with Gasteiger partial charge in [-0.1, -0.05) is 19.1 Å². The maximum absolute atomic E-state index is 6.66. The van der Waals surface area contributed by atoms with E-state index in [1.165, 1.54) is 31.2 Å². The summed E-state index contributed by atoms with van der Waals surface area (Å²) in [7, 11) is 6.03. The predicted octanol–water partition coefficient (Wildman–Crippen LogP) is 3.21. The molecule has 0 heterocycles. The van der Waals surface area contributed by atoms with Gasteiger partial charge in [-0.2, -0.15) is 0 Å². The van der Waals surface area contributed by atoms with Gasteiger partial charge in [0, 0.05) is 11.6 Å². The summed E-state index contributed by atoms with van der Waals surface area (Å²) >= 11 is 0. The van der Waals surface area contributed by atoms with Crippen molar-refractivity contribution in [3.63, 3.8) is 0 Å². The predicted molar refractivity (Wildman–Crippen MR) is 84.0 cm³/mol. The summed E-state index contributed by atoms with van der Waals surface area (Å²) in [6.07, 6.45) is 4.88. The van der Waals surface area contributed by atoms with E-state index in [1.807, 2.05) is 12.1 Å². The summed E-state index contributed by atoms with van der Waals surface area (Å²) in [5.74, 6) is 1.71. The Balaban J connectivity index is 2.24. The van der Waals surface area contributed by atoms with Crippen LogP contribution in [-0.2, 0) is 0 Å². The third kappa shape index (κ3) is 2.84. The smallest absolute Gasteiger partial charge is 0.118 e. The Morgan fingerprint density at radius 1 is 1.20 bits per heavy atom. The number of hydrogen-bond acceptors (Lipinski definition) is 3. The molecule has 3 nitrogen and oxygen atoms in total. The van der Waals surface area contributed by atoms with Crippen molar-refractivity contribution in [2.24, 2.45) is 11.7 Å². The van der Waals surface area contributed by atoms with E-state index in [4.69, 9.17) is 10.5 Å². The normalized spacial score (nSPS) is 28.4. The molecule has 0 spiro atoms. The van der Waals surface area contributed by atoms with E-state index in [0.717, 1.165) is 11.7 Å². The molecular formula is C17H28N2O. The van der Waals surface area contributed by atoms with Crippen molar-refractivity contribution in [1.29, 1.82) is 0 Å². The highest BCUT2D eigenvalue weighted by atomic mass is 16.5. The number of nitrogens with zero attached hydrogens (tertiary/aromatic N) is 1. The lowest BCUT2D eigenvalue weighted by atomic mass is 9.70. The van der Waals surface area contributed by atoms with Crippen LogP contribution >= 0.6 is 0 Å². The van der Waals surface area contributed by atoms with E-state index in [1.54, 1.807) is 7.11 Å². The zero-order chi connectivity index (χ0) is 14.8. The number of rotatable bonds is 4. The third-order valence-electron chi connectivity index (χ3n) is 5.08. The fourth-order valence-corrected chi connectivity index (χ4v) is 3.42. The summed E-state index contributed by atoms with van der Waals surface area (Å²) in [6.45, 7) is 2.35. The highest BCUT2D eigenvalue weighted by Crippen LogP contribution is 2.42. The van der Waals surface area contributed by atoms with E-state index in [-0.39, 0.29) is 11.6 Å². The van der Waals surface area contributed by atoms with E-state index in [0.29, 0.717) is 0 Å². The van der Waals surface area contributed by atoms with E-state index in [2.05, 4.69) is 38.1 Å². The van der Waals surface area contributed by atoms with Crippen LogP contribution in [0.4, 0.5) is 0 Å². The number of likely N-dealkylation sites (N-methyl/N-ethyl adjacent to an activating group) is 1. The van der Waals surface area contributed by atoms with Crippen LogP contribution in [0.5, 0.6) is 5.75 Å². The zero-order valence-electron chi connectivity index (χ0n) is 13.2. The van der Waals surface area contributed by atoms with Gasteiger partial charge in [0.2, 0.25) is 0 Å². The number of methoxy groups -OCH3 is 1. The topological polar surface area (TPSA) is 38.5 Å². The first-order valence-corrected chi connectivity index (χ1v) is 7.56. The van der Waals surface area contributed by atoms with Gasteiger partial charge in [0.05, 0.1) is 7.11 Å². The van der Waals surface area contributed by atoms with Gasteiger partial charge in [-0.25, -0.2) is 0 Å². The van der Waals surface area contributed by atoms with Gasteiger partial charge in [-0.15, -0.1) is 0 Å². The monoisotopic (exact) mass is 276 g/mol. The summed E-state index contributed by atoms with van der Waals surface area (Å²) in [5, 5.41) is 0. The number of benzene rings is 1. The van der Waals surface area contributed by atoms with Gasteiger partial charge < -0.3 is 15.4 Å². The van der Waals surface area contributed by atoms with Crippen LogP contribution in [0, 0.1) is 5.92 Å². The molecule has 1 aliphatic carbocycles. The minimum Gasteiger partial charge on any atom is -0.497 e. The van der Waals surface area contributed by atoms with Crippen LogP contribution in [0.15, 0.2) is 24.3 Å². The minimum absolute atomic E-state index is 0.0518. The highest BCUT2D eigenvalue weighted by molar-refractivity contribution is 5.31. The Hall–Kier alpha value is -1.06. The SMILES string of the molecule is COc1ccc(C(N)C2(N(C)C)CCC(C)CC2)cc1. The molecule has 0 amide bonds. The summed E-state index contributed by atoms with van der Waals surface area (Å²) in [6, 6.07) is 8.27. The molecule has 1 aromatic carbocycles. The second kappa shape index (κ2) is 6.15. The maximum atomic E-state index is 6.66. The zero-order valence-corrected chi connectivity index (χ0v) is 13.2. The first-order chi connectivity index (χ1) is 9.49. The standard InChI is InChI=1S/C17H28N2O/c1-13-9-11-17(12-10-13,19(2)3)16(18)14-5-7-15(20-4)8-6-14/h5-8,13,16H,9-12,18H2,1-4H3. The second-order valence-electron chi connectivity index (χ2n) is 6.43. The van der Waals surface area contributed by atoms with Gasteiger partial charge in [0.15, 0.2) is 0 Å². The third-order valence-corrected chi connectivity index (χ3v) is 5.08. The average molecular weight is 276 g/mol. The molecular weight excluding hydrogens is 248 g/mol. The van der Waals surface area contributed by atoms with Gasteiger partial charge in [0.25, 0.3) is 0 Å². The summed E-state index contributed by atoms with van der Waals surface area (Å²) < 4.78 is 5.23. The molecule has 3 heteroatoms. The molecule has 1 saturated carbocycles. The van der Waals surface area contributed by atoms with Crippen LogP contribution in [-0.4, -0.2) is 31.6 Å². The Bertz CT molecular complexity index is 419. The Morgan fingerprint density at radius 2 is 1.75 bits per heavy atom. The van der Waals surface area contributed by atoms with Crippen molar-refractivity contribution >= 4 is 0 Å². The van der Waals surface area contributed by atoms with Crippen molar-refractivity contribution in [2.75, 3.05) is 21.2 Å². The van der Waals surface area contributed by atoms with Crippen molar-refractivity contribution in [2.45, 2.75) is 44.2 Å². The fraction of sp³-hybridized carbons (Fsp3) is 0.647. The number of ether oxygens (including phenoxy) is 1. The van der Waals surface area contributed by atoms with Crippen LogP contribution in [0.3, 0.4) is 0 Å². The maximum Gasteiger partial charge on any atom is 0.118 e. The largest absolute Gasteiger partial charge is 0.497 e. The number of nitrogens with two attached hydrogens (primary N) is 1. The summed E-state index contributed by atoms with van der Waals surface area (Å²) in [4.78, 5) is 2.34. The van der Waals surface area contributed by atoms with Crippen molar-refractivity contribution in [3.05, 3.63) is 29.8 Å². The fourth-order valence-electron chi connectivity index (χ4n) is 3.42. The van der Waals surface area contributed by atoms with Gasteiger partial charge in [-0.05, 0) is 63.4 Å². The molecule has 0 aliphatic heterocycles. The van der Waals surface area contributed by atoms with Crippen molar-refractivity contribution in [1.82, 2.24) is 4.90 Å². The molecule has 1 fully saturated rings. The Kier molecular flexibility index (Phi) is 4.71. The molecule has 20 heavy (non-hydrogen) atoms. The summed E-state index contributed by atoms with van der Waals surface area (Å²) in [5.41, 5.74) is 7.95. The van der Waals surface area contributed by atoms with Crippen molar-refractivity contribution in [3.8, 4) is 5.75 Å². The lowest BCUT2D eigenvalue weighted by molar-refractivity contribution is 0.0564. The Morgan fingerprint density at radius 3 is 2.20 bits per heavy atom. The Labute approximate surface area is 123 Å². The molecule has 1 unspecified atom stereocenters. The van der Waals surface area contributed by atoms with Crippen LogP contribution in [0.1, 0.15) is 44.2 Å². The lowest BCUT2D eigenvalue weighted by Crippen LogP contribution is -2.54. The first kappa shape index (κ1) is 15.3. The van der Waals surface area contributed by atoms with E-state index >= 15 is 0 Å². The molecule has 1 atom stereocenters. The molecule has 112 valence electrons. The lowest BCUT2D eigenvalue weighted by Gasteiger charge is -2.48. The highest BCUT2D eigenvalue weighted by Gasteiger charge is 2.41. The second-order valence-corrected chi connectivity index (χ2v) is 6.43. The minimum atomic E-state index is 0.0518. The quantitative estimate of drug-likeness (QED) is 0.917. The van der Waals surface area contributed by atoms with E-state index < -0.39 is 0 Å². The van der Waals surface area contributed by atoms with Crippen LogP contribution < -0.4 is 10.5 Å². The van der Waals surface area contributed by atoms with Crippen LogP contribution in [0.25, 0.3) is 0 Å². The first-order valence-electron chi connectivity index (χ1n) is 7.56. The molecule has 2 N–H and O–H groups in total. The molecule has 0 bridgehead atoms.